The number of nitrogens with two attached hydrogens (primary N) is 1. The second-order valence-electron chi connectivity index (χ2n) is 5.70. The summed E-state index contributed by atoms with van der Waals surface area (Å²) in [5, 5.41) is 12.2. The van der Waals surface area contributed by atoms with Crippen LogP contribution in [0.25, 0.3) is 16.6 Å². The fraction of sp³-hybridized carbons (Fsp3) is 0.0556. The van der Waals surface area contributed by atoms with Crippen molar-refractivity contribution in [2.75, 3.05) is 12.3 Å². The van der Waals surface area contributed by atoms with Crippen LogP contribution < -0.4 is 11.1 Å². The van der Waals surface area contributed by atoms with Gasteiger partial charge >= 0.3 is 0 Å². The molecular formula is C18H15N5O2. The molecule has 7 heteroatoms. The number of para-hydroxylation sites is 2. The van der Waals surface area contributed by atoms with Crippen LogP contribution in [0.1, 0.15) is 16.2 Å². The third kappa shape index (κ3) is 2.83. The number of nitrogens with zero attached hydrogens (tertiary/aromatic N) is 2. The van der Waals surface area contributed by atoms with E-state index in [2.05, 4.69) is 20.3 Å². The number of aliphatic imine (C=N–C) groups is 1. The van der Waals surface area contributed by atoms with E-state index in [0.717, 1.165) is 22.4 Å². The molecular weight excluding hydrogens is 318 g/mol. The van der Waals surface area contributed by atoms with Crippen molar-refractivity contribution in [3.63, 3.8) is 0 Å². The number of imidazole rings is 1. The SMILES string of the molecule is Nc1cc(C(=O)NC2=NCC(c3nc4ccccc4[nH]3)=C2)ccc1O. The molecule has 7 nitrogen and oxygen atoms in total. The van der Waals surface area contributed by atoms with Crippen LogP contribution in [-0.4, -0.2) is 33.4 Å². The monoisotopic (exact) mass is 333 g/mol. The highest BCUT2D eigenvalue weighted by Gasteiger charge is 2.16. The first kappa shape index (κ1) is 14.9. The lowest BCUT2D eigenvalue weighted by Gasteiger charge is -2.05. The molecule has 124 valence electrons. The number of anilines is 1. The number of aromatic nitrogens is 2. The number of rotatable bonds is 2. The van der Waals surface area contributed by atoms with Gasteiger partial charge in [0.2, 0.25) is 0 Å². The molecule has 1 aliphatic heterocycles. The number of aromatic hydroxyl groups is 1. The highest BCUT2D eigenvalue weighted by atomic mass is 16.3. The van der Waals surface area contributed by atoms with E-state index in [1.807, 2.05) is 24.3 Å². The highest BCUT2D eigenvalue weighted by Crippen LogP contribution is 2.21. The summed E-state index contributed by atoms with van der Waals surface area (Å²) in [6, 6.07) is 12.1. The number of nitrogen functional groups attached to an aromatic ring is 1. The van der Waals surface area contributed by atoms with Gasteiger partial charge in [0.05, 0.1) is 23.3 Å². The molecule has 2 aromatic carbocycles. The Morgan fingerprint density at radius 1 is 1.24 bits per heavy atom. The van der Waals surface area contributed by atoms with Crippen LogP contribution in [0.3, 0.4) is 0 Å². The first-order valence-electron chi connectivity index (χ1n) is 7.70. The van der Waals surface area contributed by atoms with Crippen LogP contribution in [0.5, 0.6) is 5.75 Å². The van der Waals surface area contributed by atoms with Gasteiger partial charge in [0.25, 0.3) is 5.91 Å². The number of fused-ring (bicyclic) bond motifs is 1. The predicted molar refractivity (Wildman–Crippen MR) is 96.4 cm³/mol. The molecule has 0 spiro atoms. The first-order chi connectivity index (χ1) is 12.1. The maximum absolute atomic E-state index is 12.3. The summed E-state index contributed by atoms with van der Waals surface area (Å²) in [6.07, 6.45) is 1.79. The van der Waals surface area contributed by atoms with Crippen LogP contribution in [0, 0.1) is 0 Å². The van der Waals surface area contributed by atoms with E-state index < -0.39 is 0 Å². The number of nitrogens with one attached hydrogen (secondary N) is 2. The number of H-pyrrole nitrogens is 1. The summed E-state index contributed by atoms with van der Waals surface area (Å²) < 4.78 is 0. The van der Waals surface area contributed by atoms with Gasteiger partial charge in [-0.25, -0.2) is 4.98 Å². The van der Waals surface area contributed by atoms with Crippen molar-refractivity contribution in [2.24, 2.45) is 4.99 Å². The van der Waals surface area contributed by atoms with Crippen LogP contribution in [0.2, 0.25) is 0 Å². The molecule has 0 bridgehead atoms. The van der Waals surface area contributed by atoms with Crippen molar-refractivity contribution in [1.29, 1.82) is 0 Å². The van der Waals surface area contributed by atoms with E-state index in [0.29, 0.717) is 17.9 Å². The van der Waals surface area contributed by atoms with Crippen molar-refractivity contribution < 1.29 is 9.90 Å². The number of hydrogen-bond donors (Lipinski definition) is 4. The maximum atomic E-state index is 12.3. The van der Waals surface area contributed by atoms with Crippen LogP contribution >= 0.6 is 0 Å². The number of amides is 1. The third-order valence-electron chi connectivity index (χ3n) is 3.96. The van der Waals surface area contributed by atoms with E-state index in [1.54, 1.807) is 6.08 Å². The average Bonchev–Trinajstić information content (AvgIpc) is 3.23. The topological polar surface area (TPSA) is 116 Å². The lowest BCUT2D eigenvalue weighted by molar-refractivity contribution is 0.0977. The van der Waals surface area contributed by atoms with Crippen LogP contribution in [0.4, 0.5) is 5.69 Å². The number of benzene rings is 2. The summed E-state index contributed by atoms with van der Waals surface area (Å²) in [5.74, 6) is 0.810. The second kappa shape index (κ2) is 5.79. The molecule has 0 saturated carbocycles. The zero-order valence-electron chi connectivity index (χ0n) is 13.2. The Hall–Kier alpha value is -3.61. The Morgan fingerprint density at radius 3 is 2.88 bits per heavy atom. The van der Waals surface area contributed by atoms with Gasteiger partial charge in [0.15, 0.2) is 0 Å². The summed E-state index contributed by atoms with van der Waals surface area (Å²) in [5.41, 5.74) is 8.86. The molecule has 4 rings (SSSR count). The average molecular weight is 333 g/mol. The smallest absolute Gasteiger partial charge is 0.256 e. The summed E-state index contributed by atoms with van der Waals surface area (Å²) in [6.45, 7) is 0.438. The maximum Gasteiger partial charge on any atom is 0.256 e. The standard InChI is InChI=1S/C18H15N5O2/c19-12-7-10(5-6-15(12)24)18(25)23-16-8-11(9-20-16)17-21-13-3-1-2-4-14(13)22-17/h1-8,24H,9,19H2,(H,21,22)(H,20,23,25). The quantitative estimate of drug-likeness (QED) is 0.424. The minimum Gasteiger partial charge on any atom is -0.506 e. The lowest BCUT2D eigenvalue weighted by Crippen LogP contribution is -2.28. The summed E-state index contributed by atoms with van der Waals surface area (Å²) in [4.78, 5) is 24.4. The van der Waals surface area contributed by atoms with E-state index >= 15 is 0 Å². The van der Waals surface area contributed by atoms with Gasteiger partial charge in [-0.15, -0.1) is 0 Å². The zero-order chi connectivity index (χ0) is 17.4. The molecule has 1 amide bonds. The number of amidine groups is 1. The number of aromatic amines is 1. The molecule has 1 aliphatic rings. The van der Waals surface area contributed by atoms with E-state index in [9.17, 15) is 9.90 Å². The van der Waals surface area contributed by atoms with Gasteiger partial charge in [-0.2, -0.15) is 0 Å². The molecule has 1 aromatic heterocycles. The second-order valence-corrected chi connectivity index (χ2v) is 5.70. The van der Waals surface area contributed by atoms with Gasteiger partial charge in [-0.05, 0) is 36.4 Å². The van der Waals surface area contributed by atoms with E-state index in [1.165, 1.54) is 18.2 Å². The molecule has 0 radical (unpaired) electrons. The number of carbonyl (C=O) groups is 1. The van der Waals surface area contributed by atoms with Crippen molar-refractivity contribution in [1.82, 2.24) is 15.3 Å². The summed E-state index contributed by atoms with van der Waals surface area (Å²) >= 11 is 0. The fourth-order valence-corrected chi connectivity index (χ4v) is 2.63. The lowest BCUT2D eigenvalue weighted by atomic mass is 10.1. The molecule has 2 heterocycles. The van der Waals surface area contributed by atoms with Gasteiger partial charge in [0, 0.05) is 11.1 Å². The summed E-state index contributed by atoms with van der Waals surface area (Å²) in [7, 11) is 0. The predicted octanol–water partition coefficient (Wildman–Crippen LogP) is 2.08. The Bertz CT molecular complexity index is 1020. The van der Waals surface area contributed by atoms with Crippen LogP contribution in [0.15, 0.2) is 53.5 Å². The van der Waals surface area contributed by atoms with Gasteiger partial charge in [-0.3, -0.25) is 9.79 Å². The number of phenols is 1. The molecule has 3 aromatic rings. The van der Waals surface area contributed by atoms with Crippen molar-refractivity contribution in [3.8, 4) is 5.75 Å². The van der Waals surface area contributed by atoms with E-state index in [-0.39, 0.29) is 17.3 Å². The molecule has 0 aliphatic carbocycles. The van der Waals surface area contributed by atoms with Crippen molar-refractivity contribution in [2.45, 2.75) is 0 Å². The van der Waals surface area contributed by atoms with E-state index in [4.69, 9.17) is 5.73 Å². The molecule has 5 N–H and O–H groups in total. The van der Waals surface area contributed by atoms with Crippen molar-refractivity contribution >= 4 is 34.0 Å². The minimum absolute atomic E-state index is 0.0539. The Morgan fingerprint density at radius 2 is 2.08 bits per heavy atom. The normalized spacial score (nSPS) is 13.6. The largest absolute Gasteiger partial charge is 0.506 e. The molecule has 0 unspecified atom stereocenters. The van der Waals surface area contributed by atoms with Gasteiger partial charge in [-0.1, -0.05) is 12.1 Å². The first-order valence-corrected chi connectivity index (χ1v) is 7.70. The molecule has 25 heavy (non-hydrogen) atoms. The molecule has 0 saturated heterocycles. The Kier molecular flexibility index (Phi) is 3.46. The fourth-order valence-electron chi connectivity index (χ4n) is 2.63. The third-order valence-corrected chi connectivity index (χ3v) is 3.96. The number of phenolic OH excluding ortho intramolecular Hbond substituents is 1. The van der Waals surface area contributed by atoms with Gasteiger partial charge < -0.3 is 21.1 Å². The number of hydrogen-bond acceptors (Lipinski definition) is 5. The van der Waals surface area contributed by atoms with Crippen LogP contribution in [-0.2, 0) is 0 Å². The Labute approximate surface area is 142 Å². The van der Waals surface area contributed by atoms with Crippen molar-refractivity contribution in [3.05, 3.63) is 59.9 Å². The zero-order valence-corrected chi connectivity index (χ0v) is 13.2. The molecule has 0 fully saturated rings. The minimum atomic E-state index is -0.340. The number of carbonyl (C=O) groups excluding carboxylic acids is 1. The molecule has 0 atom stereocenters. The Balaban J connectivity index is 1.52. The van der Waals surface area contributed by atoms with Gasteiger partial charge in [0.1, 0.15) is 17.4 Å². The highest BCUT2D eigenvalue weighted by molar-refractivity contribution is 6.14.